The highest BCUT2D eigenvalue weighted by Gasteiger charge is 2.09. The van der Waals surface area contributed by atoms with Crippen molar-refractivity contribution in [1.29, 1.82) is 0 Å². The highest BCUT2D eigenvalue weighted by Crippen LogP contribution is 2.18. The fourth-order valence-electron chi connectivity index (χ4n) is 1.96. The molecule has 2 aromatic carbocycles. The molecule has 0 aliphatic rings. The van der Waals surface area contributed by atoms with Crippen LogP contribution in [-0.4, -0.2) is 22.7 Å². The maximum atomic E-state index is 11.9. The fourth-order valence-corrected chi connectivity index (χ4v) is 2.63. The van der Waals surface area contributed by atoms with Gasteiger partial charge in [0.2, 0.25) is 5.13 Å². The maximum absolute atomic E-state index is 11.9. The van der Waals surface area contributed by atoms with Crippen LogP contribution in [0.3, 0.4) is 0 Å². The number of ether oxygens (including phenoxy) is 2. The zero-order chi connectivity index (χ0) is 17.5. The monoisotopic (exact) mass is 355 g/mol. The number of para-hydroxylation sites is 1. The zero-order valence-corrected chi connectivity index (χ0v) is 14.5. The molecular formula is C18H17N3O3S. The third kappa shape index (κ3) is 5.29. The predicted octanol–water partition coefficient (Wildman–Crippen LogP) is 3.44. The Morgan fingerprint density at radius 2 is 1.72 bits per heavy atom. The number of nitrogens with zero attached hydrogens (tertiary/aromatic N) is 2. The van der Waals surface area contributed by atoms with E-state index in [1.54, 1.807) is 0 Å². The maximum Gasteiger partial charge on any atom is 0.264 e. The highest BCUT2D eigenvalue weighted by atomic mass is 32.1. The summed E-state index contributed by atoms with van der Waals surface area (Å²) in [5, 5.41) is 11.7. The lowest BCUT2D eigenvalue weighted by Gasteiger charge is -2.05. The van der Waals surface area contributed by atoms with Crippen LogP contribution in [-0.2, 0) is 11.4 Å². The van der Waals surface area contributed by atoms with Crippen LogP contribution in [0.15, 0.2) is 54.6 Å². The van der Waals surface area contributed by atoms with E-state index >= 15 is 0 Å². The van der Waals surface area contributed by atoms with Gasteiger partial charge in [0.1, 0.15) is 18.1 Å². The molecule has 0 atom stereocenters. The molecule has 3 rings (SSSR count). The SMILES string of the molecule is Cc1ccc(OCC(=O)Nc2nnc(COc3ccccc3)s2)cc1. The molecule has 0 radical (unpaired) electrons. The zero-order valence-electron chi connectivity index (χ0n) is 13.6. The molecule has 128 valence electrons. The summed E-state index contributed by atoms with van der Waals surface area (Å²) in [4.78, 5) is 11.9. The first-order valence-electron chi connectivity index (χ1n) is 7.68. The Bertz CT molecular complexity index is 819. The second-order valence-corrected chi connectivity index (χ2v) is 6.31. The Kier molecular flexibility index (Phi) is 5.58. The largest absolute Gasteiger partial charge is 0.486 e. The van der Waals surface area contributed by atoms with Crippen molar-refractivity contribution in [3.8, 4) is 11.5 Å². The van der Waals surface area contributed by atoms with Gasteiger partial charge in [0.15, 0.2) is 11.6 Å². The first kappa shape index (κ1) is 16.9. The van der Waals surface area contributed by atoms with Gasteiger partial charge in [-0.1, -0.05) is 47.2 Å². The number of hydrogen-bond donors (Lipinski definition) is 1. The first-order chi connectivity index (χ1) is 12.2. The molecule has 3 aromatic rings. The van der Waals surface area contributed by atoms with Gasteiger partial charge < -0.3 is 9.47 Å². The molecule has 0 bridgehead atoms. The quantitative estimate of drug-likeness (QED) is 0.703. The van der Waals surface area contributed by atoms with E-state index < -0.39 is 0 Å². The molecule has 0 spiro atoms. The molecule has 0 aliphatic heterocycles. The van der Waals surface area contributed by atoms with Crippen LogP contribution in [0.5, 0.6) is 11.5 Å². The van der Waals surface area contributed by atoms with Crippen molar-refractivity contribution in [3.63, 3.8) is 0 Å². The van der Waals surface area contributed by atoms with Crippen LogP contribution < -0.4 is 14.8 Å². The predicted molar refractivity (Wildman–Crippen MR) is 96.0 cm³/mol. The number of amides is 1. The molecule has 25 heavy (non-hydrogen) atoms. The molecule has 0 saturated carbocycles. The van der Waals surface area contributed by atoms with E-state index in [0.29, 0.717) is 22.5 Å². The molecule has 0 saturated heterocycles. The molecule has 0 aliphatic carbocycles. The average molecular weight is 355 g/mol. The number of hydrogen-bond acceptors (Lipinski definition) is 6. The summed E-state index contributed by atoms with van der Waals surface area (Å²) >= 11 is 1.27. The summed E-state index contributed by atoms with van der Waals surface area (Å²) in [7, 11) is 0. The minimum Gasteiger partial charge on any atom is -0.486 e. The molecular weight excluding hydrogens is 338 g/mol. The second kappa shape index (κ2) is 8.25. The average Bonchev–Trinajstić information content (AvgIpc) is 3.08. The lowest BCUT2D eigenvalue weighted by Crippen LogP contribution is -2.20. The molecule has 6 nitrogen and oxygen atoms in total. The van der Waals surface area contributed by atoms with Crippen LogP contribution in [0.2, 0.25) is 0 Å². The Hall–Kier alpha value is -2.93. The lowest BCUT2D eigenvalue weighted by molar-refractivity contribution is -0.118. The highest BCUT2D eigenvalue weighted by molar-refractivity contribution is 7.15. The van der Waals surface area contributed by atoms with Gasteiger partial charge >= 0.3 is 0 Å². The number of nitrogens with one attached hydrogen (secondary N) is 1. The van der Waals surface area contributed by atoms with E-state index in [1.165, 1.54) is 11.3 Å². The standard InChI is InChI=1S/C18H17N3O3S/c1-13-7-9-15(10-8-13)23-11-16(22)19-18-21-20-17(25-18)12-24-14-5-3-2-4-6-14/h2-10H,11-12H2,1H3,(H,19,21,22). The summed E-state index contributed by atoms with van der Waals surface area (Å²) in [5.41, 5.74) is 1.14. The lowest BCUT2D eigenvalue weighted by atomic mass is 10.2. The van der Waals surface area contributed by atoms with Gasteiger partial charge in [0, 0.05) is 0 Å². The van der Waals surface area contributed by atoms with Crippen LogP contribution in [0.1, 0.15) is 10.6 Å². The van der Waals surface area contributed by atoms with Gasteiger partial charge in [-0.3, -0.25) is 10.1 Å². The summed E-state index contributed by atoms with van der Waals surface area (Å²) in [6.07, 6.45) is 0. The summed E-state index contributed by atoms with van der Waals surface area (Å²) < 4.78 is 11.0. The molecule has 0 fully saturated rings. The fraction of sp³-hybridized carbons (Fsp3) is 0.167. The topological polar surface area (TPSA) is 73.3 Å². The van der Waals surface area contributed by atoms with Crippen molar-refractivity contribution >= 4 is 22.4 Å². The van der Waals surface area contributed by atoms with E-state index in [4.69, 9.17) is 9.47 Å². The second-order valence-electron chi connectivity index (χ2n) is 5.25. The van der Waals surface area contributed by atoms with Crippen molar-refractivity contribution in [1.82, 2.24) is 10.2 Å². The van der Waals surface area contributed by atoms with Crippen molar-refractivity contribution < 1.29 is 14.3 Å². The number of carbonyl (C=O) groups is 1. The van der Waals surface area contributed by atoms with Crippen LogP contribution in [0.4, 0.5) is 5.13 Å². The smallest absolute Gasteiger partial charge is 0.264 e. The molecule has 1 heterocycles. The van der Waals surface area contributed by atoms with Crippen LogP contribution >= 0.6 is 11.3 Å². The van der Waals surface area contributed by atoms with E-state index in [1.807, 2.05) is 61.5 Å². The Morgan fingerprint density at radius 3 is 2.48 bits per heavy atom. The summed E-state index contributed by atoms with van der Waals surface area (Å²) in [5.74, 6) is 1.12. The van der Waals surface area contributed by atoms with Crippen molar-refractivity contribution in [3.05, 3.63) is 65.2 Å². The number of anilines is 1. The number of aromatic nitrogens is 2. The Balaban J connectivity index is 1.45. The van der Waals surface area contributed by atoms with Gasteiger partial charge in [-0.25, -0.2) is 0 Å². The number of carbonyl (C=O) groups excluding carboxylic acids is 1. The third-order valence-corrected chi connectivity index (χ3v) is 4.02. The summed E-state index contributed by atoms with van der Waals surface area (Å²) in [6.45, 7) is 2.21. The Morgan fingerprint density at radius 1 is 1.00 bits per heavy atom. The van der Waals surface area contributed by atoms with Crippen molar-refractivity contribution in [2.75, 3.05) is 11.9 Å². The van der Waals surface area contributed by atoms with E-state index in [0.717, 1.165) is 11.3 Å². The van der Waals surface area contributed by atoms with Crippen molar-refractivity contribution in [2.24, 2.45) is 0 Å². The number of aryl methyl sites for hydroxylation is 1. The summed E-state index contributed by atoms with van der Waals surface area (Å²) in [6, 6.07) is 17.0. The molecule has 7 heteroatoms. The minimum atomic E-state index is -0.285. The number of benzene rings is 2. The van der Waals surface area contributed by atoms with Crippen LogP contribution in [0.25, 0.3) is 0 Å². The van der Waals surface area contributed by atoms with E-state index in [-0.39, 0.29) is 12.5 Å². The molecule has 1 amide bonds. The number of rotatable bonds is 7. The Labute approximate surface area is 149 Å². The molecule has 1 N–H and O–H groups in total. The van der Waals surface area contributed by atoms with Gasteiger partial charge in [-0.15, -0.1) is 10.2 Å². The van der Waals surface area contributed by atoms with Gasteiger partial charge in [0.25, 0.3) is 5.91 Å². The molecule has 0 unspecified atom stereocenters. The normalized spacial score (nSPS) is 10.3. The first-order valence-corrected chi connectivity index (χ1v) is 8.50. The van der Waals surface area contributed by atoms with Crippen molar-refractivity contribution in [2.45, 2.75) is 13.5 Å². The third-order valence-electron chi connectivity index (χ3n) is 3.21. The van der Waals surface area contributed by atoms with E-state index in [2.05, 4.69) is 15.5 Å². The van der Waals surface area contributed by atoms with Gasteiger partial charge in [0.05, 0.1) is 0 Å². The van der Waals surface area contributed by atoms with Gasteiger partial charge in [-0.05, 0) is 31.2 Å². The molecule has 1 aromatic heterocycles. The van der Waals surface area contributed by atoms with Gasteiger partial charge in [-0.2, -0.15) is 0 Å². The van der Waals surface area contributed by atoms with E-state index in [9.17, 15) is 4.79 Å². The minimum absolute atomic E-state index is 0.0848. The van der Waals surface area contributed by atoms with Crippen LogP contribution in [0, 0.1) is 6.92 Å².